The molecule has 0 aliphatic carbocycles. The molecule has 108 valence electrons. The highest BCUT2D eigenvalue weighted by molar-refractivity contribution is 5.93. The Kier molecular flexibility index (Phi) is 4.22. The van der Waals surface area contributed by atoms with Crippen LogP contribution in [0.25, 0.3) is 0 Å². The van der Waals surface area contributed by atoms with Gasteiger partial charge in [-0.25, -0.2) is 4.98 Å². The van der Waals surface area contributed by atoms with Crippen molar-refractivity contribution < 1.29 is 4.79 Å². The summed E-state index contributed by atoms with van der Waals surface area (Å²) in [5, 5.41) is 7.16. The number of H-pyrrole nitrogens is 1. The van der Waals surface area contributed by atoms with Crippen molar-refractivity contribution in [2.75, 3.05) is 0 Å². The predicted octanol–water partition coefficient (Wildman–Crippen LogP) is 2.38. The summed E-state index contributed by atoms with van der Waals surface area (Å²) >= 11 is 0. The summed E-state index contributed by atoms with van der Waals surface area (Å²) in [5.41, 5.74) is 1.56. The van der Waals surface area contributed by atoms with Gasteiger partial charge >= 0.3 is 0 Å². The zero-order chi connectivity index (χ0) is 14.7. The fourth-order valence-corrected chi connectivity index (χ4v) is 1.95. The van der Waals surface area contributed by atoms with Gasteiger partial charge in [-0.1, -0.05) is 6.92 Å². The zero-order valence-corrected chi connectivity index (χ0v) is 12.3. The van der Waals surface area contributed by atoms with Crippen LogP contribution in [0, 0.1) is 6.92 Å². The Morgan fingerprint density at radius 1 is 1.45 bits per heavy atom. The van der Waals surface area contributed by atoms with Gasteiger partial charge in [0.25, 0.3) is 5.91 Å². The zero-order valence-electron chi connectivity index (χ0n) is 12.3. The number of imidazole rings is 1. The summed E-state index contributed by atoms with van der Waals surface area (Å²) in [6.07, 6.45) is 5.90. The maximum atomic E-state index is 12.2. The van der Waals surface area contributed by atoms with Gasteiger partial charge in [0.05, 0.1) is 17.8 Å². The van der Waals surface area contributed by atoms with Crippen LogP contribution in [0.5, 0.6) is 0 Å². The first-order valence-corrected chi connectivity index (χ1v) is 6.87. The molecule has 0 aliphatic heterocycles. The third-order valence-corrected chi connectivity index (χ3v) is 3.16. The summed E-state index contributed by atoms with van der Waals surface area (Å²) in [6, 6.07) is 0.129. The minimum Gasteiger partial charge on any atom is -0.344 e. The number of carbonyl (C=O) groups excluding carboxylic acids is 1. The van der Waals surface area contributed by atoms with Crippen LogP contribution in [0.2, 0.25) is 0 Å². The number of aryl methyl sites for hydroxylation is 1. The molecule has 6 nitrogen and oxygen atoms in total. The van der Waals surface area contributed by atoms with E-state index in [-0.39, 0.29) is 18.0 Å². The van der Waals surface area contributed by atoms with E-state index in [2.05, 4.69) is 20.4 Å². The van der Waals surface area contributed by atoms with Crippen molar-refractivity contribution in [2.45, 2.75) is 46.2 Å². The summed E-state index contributed by atoms with van der Waals surface area (Å²) in [5.74, 6) is 0.660. The van der Waals surface area contributed by atoms with Crippen LogP contribution in [0.3, 0.4) is 0 Å². The van der Waals surface area contributed by atoms with E-state index in [1.165, 1.54) is 0 Å². The van der Waals surface area contributed by atoms with Gasteiger partial charge < -0.3 is 10.3 Å². The number of nitrogens with one attached hydrogen (secondary N) is 2. The quantitative estimate of drug-likeness (QED) is 0.879. The molecular weight excluding hydrogens is 254 g/mol. The molecule has 2 aromatic heterocycles. The molecule has 2 rings (SSSR count). The number of aromatic nitrogens is 4. The second-order valence-electron chi connectivity index (χ2n) is 5.19. The number of hydrogen-bond acceptors (Lipinski definition) is 3. The molecule has 2 N–H and O–H groups in total. The van der Waals surface area contributed by atoms with Crippen molar-refractivity contribution in [1.29, 1.82) is 0 Å². The molecule has 0 fully saturated rings. The van der Waals surface area contributed by atoms with E-state index >= 15 is 0 Å². The van der Waals surface area contributed by atoms with Crippen LogP contribution in [-0.4, -0.2) is 25.7 Å². The Hall–Kier alpha value is -2.11. The topological polar surface area (TPSA) is 75.6 Å². The van der Waals surface area contributed by atoms with Crippen LogP contribution in [0.15, 0.2) is 18.6 Å². The van der Waals surface area contributed by atoms with Gasteiger partial charge in [-0.05, 0) is 27.2 Å². The number of carbonyl (C=O) groups is 1. The molecule has 0 bridgehead atoms. The van der Waals surface area contributed by atoms with E-state index in [4.69, 9.17) is 0 Å². The van der Waals surface area contributed by atoms with E-state index in [1.54, 1.807) is 23.3 Å². The lowest BCUT2D eigenvalue weighted by Crippen LogP contribution is -2.28. The monoisotopic (exact) mass is 275 g/mol. The molecule has 0 spiro atoms. The smallest absolute Gasteiger partial charge is 0.255 e. The maximum Gasteiger partial charge on any atom is 0.255 e. The summed E-state index contributed by atoms with van der Waals surface area (Å²) < 4.78 is 1.77. The molecule has 0 radical (unpaired) electrons. The highest BCUT2D eigenvalue weighted by Gasteiger charge is 2.17. The van der Waals surface area contributed by atoms with Crippen molar-refractivity contribution in [3.8, 4) is 0 Å². The van der Waals surface area contributed by atoms with Crippen LogP contribution in [0.1, 0.15) is 61.2 Å². The second-order valence-corrected chi connectivity index (χ2v) is 5.19. The highest BCUT2D eigenvalue weighted by atomic mass is 16.1. The maximum absolute atomic E-state index is 12.2. The standard InChI is InChI=1S/C14H21N5O/c1-5-12(13-15-6-10(4)17-13)18-14(20)11-7-16-19(8-11)9(2)3/h6-9,12H,5H2,1-4H3,(H,15,17)(H,18,20)/t12-/m0/s1. The second kappa shape index (κ2) is 5.90. The normalized spacial score (nSPS) is 12.7. The third kappa shape index (κ3) is 3.07. The molecule has 0 aromatic carbocycles. The third-order valence-electron chi connectivity index (χ3n) is 3.16. The lowest BCUT2D eigenvalue weighted by molar-refractivity contribution is 0.0933. The molecule has 0 saturated heterocycles. The van der Waals surface area contributed by atoms with Gasteiger partial charge in [0, 0.05) is 24.1 Å². The minimum atomic E-state index is -0.127. The van der Waals surface area contributed by atoms with E-state index in [9.17, 15) is 4.79 Å². The van der Waals surface area contributed by atoms with Crippen molar-refractivity contribution in [2.24, 2.45) is 0 Å². The number of nitrogens with zero attached hydrogens (tertiary/aromatic N) is 3. The molecule has 6 heteroatoms. The Balaban J connectivity index is 2.08. The highest BCUT2D eigenvalue weighted by Crippen LogP contribution is 2.14. The van der Waals surface area contributed by atoms with Crippen molar-refractivity contribution in [3.05, 3.63) is 35.7 Å². The molecule has 2 aromatic rings. The number of rotatable bonds is 5. The number of hydrogen-bond donors (Lipinski definition) is 2. The van der Waals surface area contributed by atoms with E-state index < -0.39 is 0 Å². The predicted molar refractivity (Wildman–Crippen MR) is 76.4 cm³/mol. The van der Waals surface area contributed by atoms with E-state index in [0.29, 0.717) is 5.56 Å². The van der Waals surface area contributed by atoms with E-state index in [0.717, 1.165) is 17.9 Å². The van der Waals surface area contributed by atoms with Crippen molar-refractivity contribution >= 4 is 5.91 Å². The summed E-state index contributed by atoms with van der Waals surface area (Å²) in [6.45, 7) is 8.00. The molecular formula is C14H21N5O. The fourth-order valence-electron chi connectivity index (χ4n) is 1.95. The Bertz CT molecular complexity index is 584. The first-order chi connectivity index (χ1) is 9.51. The fraction of sp³-hybridized carbons (Fsp3) is 0.500. The van der Waals surface area contributed by atoms with Crippen LogP contribution in [0.4, 0.5) is 0 Å². The Labute approximate surface area is 118 Å². The lowest BCUT2D eigenvalue weighted by Gasteiger charge is -2.14. The molecule has 1 atom stereocenters. The number of amides is 1. The Morgan fingerprint density at radius 2 is 2.20 bits per heavy atom. The van der Waals surface area contributed by atoms with Crippen molar-refractivity contribution in [1.82, 2.24) is 25.1 Å². The summed E-state index contributed by atoms with van der Waals surface area (Å²) in [7, 11) is 0. The minimum absolute atomic E-state index is 0.112. The van der Waals surface area contributed by atoms with Gasteiger partial charge in [-0.15, -0.1) is 0 Å². The SMILES string of the molecule is CC[C@H](NC(=O)c1cnn(C(C)C)c1)c1ncc(C)[nH]1. The number of aromatic amines is 1. The average Bonchev–Trinajstić information content (AvgIpc) is 3.04. The van der Waals surface area contributed by atoms with Crippen LogP contribution < -0.4 is 5.32 Å². The molecule has 0 unspecified atom stereocenters. The first kappa shape index (κ1) is 14.3. The average molecular weight is 275 g/mol. The van der Waals surface area contributed by atoms with Crippen LogP contribution in [-0.2, 0) is 0 Å². The molecule has 20 heavy (non-hydrogen) atoms. The molecule has 1 amide bonds. The van der Waals surface area contributed by atoms with Gasteiger partial charge in [-0.3, -0.25) is 9.48 Å². The van der Waals surface area contributed by atoms with Gasteiger partial charge in [-0.2, -0.15) is 5.10 Å². The largest absolute Gasteiger partial charge is 0.344 e. The first-order valence-electron chi connectivity index (χ1n) is 6.87. The Morgan fingerprint density at radius 3 is 2.70 bits per heavy atom. The summed E-state index contributed by atoms with van der Waals surface area (Å²) in [4.78, 5) is 19.7. The van der Waals surface area contributed by atoms with Gasteiger partial charge in [0.2, 0.25) is 0 Å². The molecule has 0 aliphatic rings. The van der Waals surface area contributed by atoms with Gasteiger partial charge in [0.1, 0.15) is 5.82 Å². The lowest BCUT2D eigenvalue weighted by atomic mass is 10.2. The van der Waals surface area contributed by atoms with Crippen molar-refractivity contribution in [3.63, 3.8) is 0 Å². The van der Waals surface area contributed by atoms with Gasteiger partial charge in [0.15, 0.2) is 0 Å². The molecule has 0 saturated carbocycles. The molecule has 2 heterocycles. The van der Waals surface area contributed by atoms with E-state index in [1.807, 2.05) is 27.7 Å². The van der Waals surface area contributed by atoms with Crippen LogP contribution >= 0.6 is 0 Å².